The first-order valence-corrected chi connectivity index (χ1v) is 11.7. The predicted molar refractivity (Wildman–Crippen MR) is 122 cm³/mol. The van der Waals surface area contributed by atoms with Crippen molar-refractivity contribution >= 4 is 21.6 Å². The van der Waals surface area contributed by atoms with Gasteiger partial charge in [0.2, 0.25) is 0 Å². The van der Waals surface area contributed by atoms with E-state index in [1.165, 1.54) is 6.07 Å². The molecule has 0 saturated heterocycles. The van der Waals surface area contributed by atoms with E-state index >= 15 is 0 Å². The van der Waals surface area contributed by atoms with Crippen LogP contribution in [-0.2, 0) is 10.0 Å². The normalized spacial score (nSPS) is 15.1. The Bertz CT molecular complexity index is 1260. The Morgan fingerprint density at radius 1 is 0.969 bits per heavy atom. The van der Waals surface area contributed by atoms with Gasteiger partial charge in [0.15, 0.2) is 11.5 Å². The minimum atomic E-state index is -3.87. The second kappa shape index (κ2) is 8.92. The fourth-order valence-electron chi connectivity index (χ4n) is 3.39. The topological polar surface area (TPSA) is 93.7 Å². The van der Waals surface area contributed by atoms with E-state index in [2.05, 4.69) is 10.0 Å². The van der Waals surface area contributed by atoms with Gasteiger partial charge in [-0.05, 0) is 55.3 Å². The molecule has 1 atom stereocenters. The molecule has 2 N–H and O–H groups in total. The summed E-state index contributed by atoms with van der Waals surface area (Å²) in [6, 6.07) is 19.1. The lowest BCUT2D eigenvalue weighted by Crippen LogP contribution is -2.40. The van der Waals surface area contributed by atoms with Gasteiger partial charge in [-0.1, -0.05) is 36.4 Å². The molecule has 4 rings (SSSR count). The third kappa shape index (κ3) is 4.70. The molecule has 0 spiro atoms. The number of rotatable bonds is 6. The van der Waals surface area contributed by atoms with Gasteiger partial charge >= 0.3 is 0 Å². The standard InChI is InChI=1S/C24H24N2O5S/c1-16-7-3-4-8-20(16)26-32(28,29)23-13-18(12-11-17(23)2)24(27)25-14-19-15-30-21-9-5-6-10-22(21)31-19/h3-13,19,26H,14-15H2,1-2H3,(H,25,27). The highest BCUT2D eigenvalue weighted by Gasteiger charge is 2.23. The maximum Gasteiger partial charge on any atom is 0.262 e. The van der Waals surface area contributed by atoms with Crippen molar-refractivity contribution in [1.29, 1.82) is 0 Å². The van der Waals surface area contributed by atoms with Crippen LogP contribution in [0, 0.1) is 13.8 Å². The summed E-state index contributed by atoms with van der Waals surface area (Å²) in [6.07, 6.45) is -0.342. The number of benzene rings is 3. The summed E-state index contributed by atoms with van der Waals surface area (Å²) in [5.74, 6) is 0.911. The summed E-state index contributed by atoms with van der Waals surface area (Å²) in [5, 5.41) is 2.80. The van der Waals surface area contributed by atoms with Gasteiger partial charge in [0.25, 0.3) is 15.9 Å². The van der Waals surface area contributed by atoms with Gasteiger partial charge in [-0.2, -0.15) is 0 Å². The lowest BCUT2D eigenvalue weighted by atomic mass is 10.1. The smallest absolute Gasteiger partial charge is 0.262 e. The third-order valence-corrected chi connectivity index (χ3v) is 6.69. The van der Waals surface area contributed by atoms with Gasteiger partial charge in [-0.25, -0.2) is 8.42 Å². The number of sulfonamides is 1. The third-order valence-electron chi connectivity index (χ3n) is 5.19. The van der Waals surface area contributed by atoms with Crippen molar-refractivity contribution in [2.45, 2.75) is 24.8 Å². The zero-order chi connectivity index (χ0) is 22.7. The number of ether oxygens (including phenoxy) is 2. The molecule has 1 unspecified atom stereocenters. The average Bonchev–Trinajstić information content (AvgIpc) is 2.79. The summed E-state index contributed by atoms with van der Waals surface area (Å²) in [5.41, 5.74) is 2.09. The highest BCUT2D eigenvalue weighted by Crippen LogP contribution is 2.30. The molecule has 3 aromatic carbocycles. The van der Waals surface area contributed by atoms with E-state index in [0.29, 0.717) is 29.4 Å². The van der Waals surface area contributed by atoms with Crippen LogP contribution >= 0.6 is 0 Å². The van der Waals surface area contributed by atoms with Crippen LogP contribution < -0.4 is 19.5 Å². The number of para-hydroxylation sites is 3. The van der Waals surface area contributed by atoms with Crippen LogP contribution in [0.5, 0.6) is 11.5 Å². The lowest BCUT2D eigenvalue weighted by molar-refractivity contribution is 0.0789. The highest BCUT2D eigenvalue weighted by molar-refractivity contribution is 7.92. The molecule has 1 heterocycles. The minimum Gasteiger partial charge on any atom is -0.486 e. The second-order valence-corrected chi connectivity index (χ2v) is 9.26. The second-order valence-electron chi connectivity index (χ2n) is 7.61. The highest BCUT2D eigenvalue weighted by atomic mass is 32.2. The minimum absolute atomic E-state index is 0.0552. The monoisotopic (exact) mass is 452 g/mol. The van der Waals surface area contributed by atoms with E-state index in [4.69, 9.17) is 9.47 Å². The Morgan fingerprint density at radius 3 is 2.47 bits per heavy atom. The maximum atomic E-state index is 13.0. The predicted octanol–water partition coefficient (Wildman–Crippen LogP) is 3.67. The number of hydrogen-bond donors (Lipinski definition) is 2. The Kier molecular flexibility index (Phi) is 6.05. The van der Waals surface area contributed by atoms with E-state index < -0.39 is 10.0 Å². The fraction of sp³-hybridized carbons (Fsp3) is 0.208. The molecule has 0 bridgehead atoms. The van der Waals surface area contributed by atoms with Crippen LogP contribution in [0.3, 0.4) is 0 Å². The fourth-order valence-corrected chi connectivity index (χ4v) is 4.79. The number of carbonyl (C=O) groups is 1. The molecule has 7 nitrogen and oxygen atoms in total. The van der Waals surface area contributed by atoms with Crippen molar-refractivity contribution in [3.05, 3.63) is 83.4 Å². The lowest BCUT2D eigenvalue weighted by Gasteiger charge is -2.26. The summed E-state index contributed by atoms with van der Waals surface area (Å²) < 4.78 is 40.1. The van der Waals surface area contributed by atoms with Crippen LogP contribution in [-0.4, -0.2) is 33.6 Å². The summed E-state index contributed by atoms with van der Waals surface area (Å²) >= 11 is 0. The van der Waals surface area contributed by atoms with Gasteiger partial charge in [-0.15, -0.1) is 0 Å². The van der Waals surface area contributed by atoms with Crippen molar-refractivity contribution in [1.82, 2.24) is 5.32 Å². The molecule has 0 radical (unpaired) electrons. The summed E-state index contributed by atoms with van der Waals surface area (Å²) in [7, 11) is -3.87. The number of aryl methyl sites for hydroxylation is 2. The SMILES string of the molecule is Cc1ccccc1NS(=O)(=O)c1cc(C(=O)NCC2COc3ccccc3O2)ccc1C. The number of hydrogen-bond acceptors (Lipinski definition) is 5. The molecule has 166 valence electrons. The number of fused-ring (bicyclic) bond motifs is 1. The van der Waals surface area contributed by atoms with Crippen LogP contribution in [0.15, 0.2) is 71.6 Å². The molecule has 8 heteroatoms. The van der Waals surface area contributed by atoms with E-state index in [1.807, 2.05) is 43.3 Å². The Morgan fingerprint density at radius 2 is 1.69 bits per heavy atom. The Hall–Kier alpha value is -3.52. The molecular formula is C24H24N2O5S. The molecule has 3 aromatic rings. The molecule has 32 heavy (non-hydrogen) atoms. The van der Waals surface area contributed by atoms with Gasteiger partial charge in [0, 0.05) is 5.56 Å². The van der Waals surface area contributed by atoms with Gasteiger partial charge in [0.1, 0.15) is 12.7 Å². The maximum absolute atomic E-state index is 13.0. The Labute approximate surface area is 187 Å². The first kappa shape index (κ1) is 21.7. The van der Waals surface area contributed by atoms with E-state index in [0.717, 1.165) is 5.56 Å². The van der Waals surface area contributed by atoms with Crippen LogP contribution in [0.25, 0.3) is 0 Å². The largest absolute Gasteiger partial charge is 0.486 e. The van der Waals surface area contributed by atoms with Crippen LogP contribution in [0.2, 0.25) is 0 Å². The summed E-state index contributed by atoms with van der Waals surface area (Å²) in [6.45, 7) is 4.05. The average molecular weight is 453 g/mol. The van der Waals surface area contributed by atoms with Crippen molar-refractivity contribution in [3.63, 3.8) is 0 Å². The molecule has 1 aliphatic rings. The molecule has 0 aliphatic carbocycles. The van der Waals surface area contributed by atoms with Crippen LogP contribution in [0.1, 0.15) is 21.5 Å². The molecule has 0 aromatic heterocycles. The van der Waals surface area contributed by atoms with Crippen molar-refractivity contribution in [3.8, 4) is 11.5 Å². The molecule has 1 aliphatic heterocycles. The zero-order valence-corrected chi connectivity index (χ0v) is 18.6. The summed E-state index contributed by atoms with van der Waals surface area (Å²) in [4.78, 5) is 12.8. The van der Waals surface area contributed by atoms with Gasteiger partial charge in [0.05, 0.1) is 17.1 Å². The van der Waals surface area contributed by atoms with E-state index in [1.54, 1.807) is 31.2 Å². The molecule has 0 saturated carbocycles. The zero-order valence-electron chi connectivity index (χ0n) is 17.8. The quantitative estimate of drug-likeness (QED) is 0.595. The Balaban J connectivity index is 1.46. The van der Waals surface area contributed by atoms with Crippen molar-refractivity contribution in [2.24, 2.45) is 0 Å². The molecule has 1 amide bonds. The first-order valence-electron chi connectivity index (χ1n) is 10.2. The molecular weight excluding hydrogens is 428 g/mol. The number of carbonyl (C=O) groups excluding carboxylic acids is 1. The number of anilines is 1. The number of amides is 1. The number of nitrogens with one attached hydrogen (secondary N) is 2. The molecule has 0 fully saturated rings. The van der Waals surface area contributed by atoms with E-state index in [9.17, 15) is 13.2 Å². The van der Waals surface area contributed by atoms with E-state index in [-0.39, 0.29) is 29.0 Å². The first-order chi connectivity index (χ1) is 15.3. The van der Waals surface area contributed by atoms with Crippen molar-refractivity contribution in [2.75, 3.05) is 17.9 Å². The van der Waals surface area contributed by atoms with Crippen molar-refractivity contribution < 1.29 is 22.7 Å². The van der Waals surface area contributed by atoms with Crippen LogP contribution in [0.4, 0.5) is 5.69 Å². The van der Waals surface area contributed by atoms with Gasteiger partial charge in [-0.3, -0.25) is 9.52 Å². The van der Waals surface area contributed by atoms with Gasteiger partial charge < -0.3 is 14.8 Å².